The van der Waals surface area contributed by atoms with Gasteiger partial charge < -0.3 is 19.3 Å². The van der Waals surface area contributed by atoms with Crippen molar-refractivity contribution in [3.05, 3.63) is 47.1 Å². The van der Waals surface area contributed by atoms with Gasteiger partial charge >= 0.3 is 17.9 Å². The van der Waals surface area contributed by atoms with Crippen LogP contribution < -0.4 is 0 Å². The number of hydrogen-bond donors (Lipinski definition) is 1. The highest BCUT2D eigenvalue weighted by molar-refractivity contribution is 5.92. The number of hydrogen-bond acceptors (Lipinski definition) is 7. The van der Waals surface area contributed by atoms with Crippen LogP contribution in [0.15, 0.2) is 47.1 Å². The first-order valence-electron chi connectivity index (χ1n) is 9.59. The molecule has 0 aromatic heterocycles. The second-order valence-electron chi connectivity index (χ2n) is 7.33. The lowest BCUT2D eigenvalue weighted by Crippen LogP contribution is -2.34. The largest absolute Gasteiger partial charge is 0.461 e. The number of allylic oxidation sites excluding steroid dienone is 2. The highest BCUT2D eigenvalue weighted by atomic mass is 16.6. The smallest absolute Gasteiger partial charge is 0.334 e. The van der Waals surface area contributed by atoms with E-state index in [0.717, 1.165) is 24.0 Å². The summed E-state index contributed by atoms with van der Waals surface area (Å²) in [7, 11) is 0. The van der Waals surface area contributed by atoms with Crippen molar-refractivity contribution in [1.29, 1.82) is 0 Å². The minimum absolute atomic E-state index is 0.0796. The molecule has 0 aromatic rings. The molecule has 0 aromatic carbocycles. The fourth-order valence-electron chi connectivity index (χ4n) is 3.39. The van der Waals surface area contributed by atoms with E-state index in [2.05, 4.69) is 6.58 Å². The summed E-state index contributed by atoms with van der Waals surface area (Å²) in [6.45, 7) is 8.47. The van der Waals surface area contributed by atoms with Crippen molar-refractivity contribution in [2.75, 3.05) is 13.2 Å². The lowest BCUT2D eigenvalue weighted by molar-refractivity contribution is -0.148. The molecule has 1 saturated heterocycles. The van der Waals surface area contributed by atoms with Crippen LogP contribution in [0.2, 0.25) is 0 Å². The minimum atomic E-state index is -0.738. The molecule has 7 heteroatoms. The van der Waals surface area contributed by atoms with Gasteiger partial charge in [-0.05, 0) is 44.4 Å². The Labute approximate surface area is 170 Å². The van der Waals surface area contributed by atoms with Gasteiger partial charge in [0.25, 0.3) is 0 Å². The third-order valence-electron chi connectivity index (χ3n) is 4.98. The molecule has 2 aliphatic rings. The van der Waals surface area contributed by atoms with Crippen LogP contribution in [0, 0.1) is 5.92 Å². The highest BCUT2D eigenvalue weighted by Gasteiger charge is 2.44. The molecule has 0 bridgehead atoms. The van der Waals surface area contributed by atoms with E-state index in [-0.39, 0.29) is 30.8 Å². The van der Waals surface area contributed by atoms with Gasteiger partial charge in [-0.3, -0.25) is 4.79 Å². The van der Waals surface area contributed by atoms with Gasteiger partial charge in [-0.1, -0.05) is 18.2 Å². The fraction of sp³-hybridized carbons (Fsp3) is 0.500. The first kappa shape index (κ1) is 22.6. The van der Waals surface area contributed by atoms with Crippen molar-refractivity contribution >= 4 is 17.9 Å². The van der Waals surface area contributed by atoms with E-state index in [1.807, 2.05) is 19.1 Å². The first-order chi connectivity index (χ1) is 13.7. The van der Waals surface area contributed by atoms with Crippen molar-refractivity contribution in [2.45, 2.75) is 52.2 Å². The summed E-state index contributed by atoms with van der Waals surface area (Å²) in [5, 5.41) is 9.03. The zero-order valence-corrected chi connectivity index (χ0v) is 17.1. The summed E-state index contributed by atoms with van der Waals surface area (Å²) in [6.07, 6.45) is 5.64. The molecule has 1 aliphatic heterocycles. The van der Waals surface area contributed by atoms with Gasteiger partial charge in [-0.15, -0.1) is 0 Å². The number of esters is 3. The van der Waals surface area contributed by atoms with Crippen LogP contribution in [0.25, 0.3) is 0 Å². The second kappa shape index (κ2) is 10.2. The van der Waals surface area contributed by atoms with E-state index < -0.39 is 36.0 Å². The molecule has 1 N–H and O–H groups in total. The number of aliphatic hydroxyl groups excluding tert-OH is 1. The molecule has 158 valence electrons. The third kappa shape index (κ3) is 6.15. The summed E-state index contributed by atoms with van der Waals surface area (Å²) >= 11 is 0. The molecule has 7 nitrogen and oxygen atoms in total. The van der Waals surface area contributed by atoms with E-state index in [0.29, 0.717) is 0 Å². The first-order valence-corrected chi connectivity index (χ1v) is 9.59. The lowest BCUT2D eigenvalue weighted by atomic mass is 9.85. The summed E-state index contributed by atoms with van der Waals surface area (Å²) < 4.78 is 16.3. The Balaban J connectivity index is 2.39. The SMILES string of the molecule is C=C1C(=O)OC2/C=C(\C)CC/C=C(\COC(C)=O)CC(OC(=O)/C(C)=C/CO)C12. The van der Waals surface area contributed by atoms with E-state index in [4.69, 9.17) is 19.3 Å². The van der Waals surface area contributed by atoms with Crippen molar-refractivity contribution in [1.82, 2.24) is 0 Å². The average molecular weight is 404 g/mol. The number of carbonyl (C=O) groups excluding carboxylic acids is 3. The number of carbonyl (C=O) groups is 3. The highest BCUT2D eigenvalue weighted by Crippen LogP contribution is 2.36. The van der Waals surface area contributed by atoms with Gasteiger partial charge in [0.1, 0.15) is 18.8 Å². The maximum Gasteiger partial charge on any atom is 0.334 e. The Morgan fingerprint density at radius 3 is 2.76 bits per heavy atom. The predicted octanol–water partition coefficient (Wildman–Crippen LogP) is 2.55. The lowest BCUT2D eigenvalue weighted by Gasteiger charge is -2.28. The molecule has 1 heterocycles. The molecule has 2 rings (SSSR count). The monoisotopic (exact) mass is 404 g/mol. The topological polar surface area (TPSA) is 99.1 Å². The minimum Gasteiger partial charge on any atom is -0.461 e. The molecule has 0 amide bonds. The Morgan fingerprint density at radius 1 is 1.38 bits per heavy atom. The molecule has 1 fully saturated rings. The normalized spacial score (nSPS) is 29.0. The average Bonchev–Trinajstić information content (AvgIpc) is 2.92. The summed E-state index contributed by atoms with van der Waals surface area (Å²) in [6, 6.07) is 0. The van der Waals surface area contributed by atoms with Crippen LogP contribution in [0.4, 0.5) is 0 Å². The molecule has 3 atom stereocenters. The number of fused-ring (bicyclic) bond motifs is 1. The molecule has 0 spiro atoms. The van der Waals surface area contributed by atoms with Crippen LogP contribution in [0.3, 0.4) is 0 Å². The second-order valence-corrected chi connectivity index (χ2v) is 7.33. The van der Waals surface area contributed by atoms with Crippen molar-refractivity contribution in [2.24, 2.45) is 5.92 Å². The van der Waals surface area contributed by atoms with Crippen LogP contribution in [0.5, 0.6) is 0 Å². The Morgan fingerprint density at radius 2 is 2.10 bits per heavy atom. The fourth-order valence-corrected chi connectivity index (χ4v) is 3.39. The van der Waals surface area contributed by atoms with E-state index in [1.165, 1.54) is 13.0 Å². The van der Waals surface area contributed by atoms with Crippen LogP contribution in [-0.2, 0) is 28.6 Å². The van der Waals surface area contributed by atoms with E-state index in [9.17, 15) is 14.4 Å². The van der Waals surface area contributed by atoms with Gasteiger partial charge in [0.05, 0.1) is 12.5 Å². The molecule has 3 unspecified atom stereocenters. The van der Waals surface area contributed by atoms with Crippen molar-refractivity contribution in [3.8, 4) is 0 Å². The van der Waals surface area contributed by atoms with Crippen LogP contribution >= 0.6 is 0 Å². The Hall–Kier alpha value is -2.67. The van der Waals surface area contributed by atoms with Crippen LogP contribution in [0.1, 0.15) is 40.0 Å². The Bertz CT molecular complexity index is 772. The van der Waals surface area contributed by atoms with E-state index >= 15 is 0 Å². The summed E-state index contributed by atoms with van der Waals surface area (Å²) in [4.78, 5) is 35.9. The predicted molar refractivity (Wildman–Crippen MR) is 106 cm³/mol. The van der Waals surface area contributed by atoms with E-state index in [1.54, 1.807) is 6.92 Å². The molecular weight excluding hydrogens is 376 g/mol. The molecule has 1 aliphatic carbocycles. The number of rotatable bonds is 5. The van der Waals surface area contributed by atoms with Gasteiger partial charge in [-0.2, -0.15) is 0 Å². The standard InChI is InChI=1S/C22H28O7/c1-13-6-5-7-17(12-27-16(4)24)11-19(28-21(25)14(2)8-9-23)20-15(3)22(26)29-18(20)10-13/h7-8,10,18-20,23H,3,5-6,9,11-12H2,1-2,4H3/b13-10+,14-8+,17-7-. The number of ether oxygens (including phenoxy) is 3. The molecular formula is C22H28O7. The van der Waals surface area contributed by atoms with Gasteiger partial charge in [0, 0.05) is 24.5 Å². The quantitative estimate of drug-likeness (QED) is 0.325. The molecule has 0 radical (unpaired) electrons. The maximum absolute atomic E-state index is 12.5. The zero-order chi connectivity index (χ0) is 21.6. The molecule has 29 heavy (non-hydrogen) atoms. The molecule has 0 saturated carbocycles. The van der Waals surface area contributed by atoms with Crippen molar-refractivity contribution < 1.29 is 33.7 Å². The Kier molecular flexibility index (Phi) is 7.96. The van der Waals surface area contributed by atoms with Crippen molar-refractivity contribution in [3.63, 3.8) is 0 Å². The van der Waals surface area contributed by atoms with Gasteiger partial charge in [-0.25, -0.2) is 9.59 Å². The maximum atomic E-state index is 12.5. The summed E-state index contributed by atoms with van der Waals surface area (Å²) in [5.74, 6) is -2.07. The van der Waals surface area contributed by atoms with Gasteiger partial charge in [0.15, 0.2) is 0 Å². The summed E-state index contributed by atoms with van der Waals surface area (Å²) in [5.41, 5.74) is 2.33. The van der Waals surface area contributed by atoms with Gasteiger partial charge in [0.2, 0.25) is 0 Å². The third-order valence-corrected chi connectivity index (χ3v) is 4.98. The number of aliphatic hydroxyl groups is 1. The zero-order valence-electron chi connectivity index (χ0n) is 17.1. The van der Waals surface area contributed by atoms with Crippen LogP contribution in [-0.4, -0.2) is 48.4 Å².